The molecule has 0 bridgehead atoms. The lowest BCUT2D eigenvalue weighted by atomic mass is 9.78. The van der Waals surface area contributed by atoms with Gasteiger partial charge in [0.2, 0.25) is 0 Å². The Morgan fingerprint density at radius 2 is 1.93 bits per heavy atom. The van der Waals surface area contributed by atoms with E-state index in [1.165, 1.54) is 11.1 Å². The molecule has 0 fully saturated rings. The van der Waals surface area contributed by atoms with Crippen molar-refractivity contribution in [1.29, 1.82) is 0 Å². The SMILES string of the molecule is CC(C)C1=CN=C=CC=C1C(C)(C)C. The topological polar surface area (TPSA) is 12.4 Å². The van der Waals surface area contributed by atoms with Crippen LogP contribution < -0.4 is 0 Å². The van der Waals surface area contributed by atoms with Gasteiger partial charge in [-0.25, -0.2) is 4.99 Å². The van der Waals surface area contributed by atoms with Gasteiger partial charge >= 0.3 is 0 Å². The van der Waals surface area contributed by atoms with Crippen molar-refractivity contribution in [2.45, 2.75) is 34.6 Å². The van der Waals surface area contributed by atoms with Crippen molar-refractivity contribution in [3.05, 3.63) is 29.5 Å². The molecular weight excluding hydrogens is 170 g/mol. The molecule has 0 saturated heterocycles. The van der Waals surface area contributed by atoms with Crippen LogP contribution in [-0.4, -0.2) is 5.87 Å². The molecule has 1 aliphatic rings. The summed E-state index contributed by atoms with van der Waals surface area (Å²) in [5, 5.41) is 0. The molecule has 0 aromatic rings. The van der Waals surface area contributed by atoms with Crippen molar-refractivity contribution in [1.82, 2.24) is 0 Å². The molecule has 0 N–H and O–H groups in total. The molecule has 0 aliphatic carbocycles. The molecule has 0 aromatic heterocycles. The maximum Gasteiger partial charge on any atom is 0.0405 e. The summed E-state index contributed by atoms with van der Waals surface area (Å²) in [5.74, 6) is 3.39. The van der Waals surface area contributed by atoms with Crippen LogP contribution in [0.5, 0.6) is 0 Å². The summed E-state index contributed by atoms with van der Waals surface area (Å²) in [7, 11) is 0. The normalized spacial score (nSPS) is 16.7. The highest BCUT2D eigenvalue weighted by molar-refractivity contribution is 5.60. The van der Waals surface area contributed by atoms with Crippen LogP contribution in [0.1, 0.15) is 34.6 Å². The van der Waals surface area contributed by atoms with Gasteiger partial charge in [-0.2, -0.15) is 0 Å². The van der Waals surface area contributed by atoms with E-state index in [-0.39, 0.29) is 5.41 Å². The van der Waals surface area contributed by atoms with Gasteiger partial charge in [0.25, 0.3) is 0 Å². The predicted molar refractivity (Wildman–Crippen MR) is 62.5 cm³/mol. The summed E-state index contributed by atoms with van der Waals surface area (Å²) in [5.41, 5.74) is 2.86. The third-order valence-electron chi connectivity index (χ3n) is 2.34. The van der Waals surface area contributed by atoms with Gasteiger partial charge in [0.15, 0.2) is 0 Å². The molecule has 76 valence electrons. The zero-order valence-electron chi connectivity index (χ0n) is 9.76. The van der Waals surface area contributed by atoms with Crippen molar-refractivity contribution in [2.75, 3.05) is 0 Å². The van der Waals surface area contributed by atoms with E-state index in [4.69, 9.17) is 0 Å². The van der Waals surface area contributed by atoms with Gasteiger partial charge in [-0.15, -0.1) is 0 Å². The van der Waals surface area contributed by atoms with Crippen LogP contribution in [0.25, 0.3) is 0 Å². The van der Waals surface area contributed by atoms with E-state index in [0.717, 1.165) is 0 Å². The van der Waals surface area contributed by atoms with Crippen LogP contribution in [0.15, 0.2) is 34.5 Å². The molecule has 0 radical (unpaired) electrons. The number of hydrogen-bond donors (Lipinski definition) is 0. The van der Waals surface area contributed by atoms with Crippen LogP contribution >= 0.6 is 0 Å². The maximum absolute atomic E-state index is 4.12. The average Bonchev–Trinajstić information content (AvgIpc) is 2.26. The van der Waals surface area contributed by atoms with Crippen LogP contribution in [-0.2, 0) is 0 Å². The fraction of sp³-hybridized carbons (Fsp3) is 0.538. The zero-order chi connectivity index (χ0) is 10.8. The standard InChI is InChI=1S/C13H19N/c1-10(2)11-9-14-8-6-7-12(11)13(3,4)5/h6-7,9-10H,1-5H3. The largest absolute Gasteiger partial charge is 0.214 e. The van der Waals surface area contributed by atoms with E-state index in [1.54, 1.807) is 0 Å². The molecule has 1 nitrogen and oxygen atoms in total. The van der Waals surface area contributed by atoms with Crippen LogP contribution in [0.2, 0.25) is 0 Å². The molecule has 14 heavy (non-hydrogen) atoms. The minimum absolute atomic E-state index is 0.175. The second-order valence-corrected chi connectivity index (χ2v) is 4.99. The number of hydrogen-bond acceptors (Lipinski definition) is 1. The Bertz CT molecular complexity index is 329. The average molecular weight is 189 g/mol. The molecule has 1 heteroatoms. The first-order chi connectivity index (χ1) is 6.43. The zero-order valence-corrected chi connectivity index (χ0v) is 9.76. The molecule has 0 unspecified atom stereocenters. The number of rotatable bonds is 1. The highest BCUT2D eigenvalue weighted by atomic mass is 14.7. The van der Waals surface area contributed by atoms with Crippen LogP contribution in [0.4, 0.5) is 0 Å². The minimum atomic E-state index is 0.175. The van der Waals surface area contributed by atoms with Crippen molar-refractivity contribution < 1.29 is 0 Å². The third kappa shape index (κ3) is 2.46. The monoisotopic (exact) mass is 189 g/mol. The van der Waals surface area contributed by atoms with Gasteiger partial charge in [0.05, 0.1) is 0 Å². The van der Waals surface area contributed by atoms with Gasteiger partial charge < -0.3 is 0 Å². The maximum atomic E-state index is 4.12. The number of nitrogens with zero attached hydrogens (tertiary/aromatic N) is 1. The lowest BCUT2D eigenvalue weighted by Crippen LogP contribution is -2.14. The molecular formula is C13H19N. The summed E-state index contributed by atoms with van der Waals surface area (Å²) in [6, 6.07) is 0. The number of aliphatic imine (C=N–C) groups is 1. The molecule has 0 atom stereocenters. The van der Waals surface area contributed by atoms with E-state index in [0.29, 0.717) is 5.92 Å². The van der Waals surface area contributed by atoms with Gasteiger partial charge in [-0.1, -0.05) is 34.6 Å². The van der Waals surface area contributed by atoms with Gasteiger partial charge in [-0.3, -0.25) is 0 Å². The Hall–Kier alpha value is -1.07. The Morgan fingerprint density at radius 3 is 2.43 bits per heavy atom. The van der Waals surface area contributed by atoms with E-state index >= 15 is 0 Å². The van der Waals surface area contributed by atoms with Crippen molar-refractivity contribution >= 4 is 5.87 Å². The number of allylic oxidation sites excluding steroid dienone is 4. The molecule has 1 rings (SSSR count). The van der Waals surface area contributed by atoms with Crippen molar-refractivity contribution in [3.8, 4) is 0 Å². The molecule has 1 heterocycles. The smallest absolute Gasteiger partial charge is 0.0405 e. The Kier molecular flexibility index (Phi) is 3.13. The molecule has 0 saturated carbocycles. The van der Waals surface area contributed by atoms with Gasteiger partial charge in [0.1, 0.15) is 0 Å². The summed E-state index contributed by atoms with van der Waals surface area (Å²) < 4.78 is 0. The highest BCUT2D eigenvalue weighted by Crippen LogP contribution is 2.35. The second-order valence-electron chi connectivity index (χ2n) is 4.99. The van der Waals surface area contributed by atoms with Crippen LogP contribution in [0.3, 0.4) is 0 Å². The molecule has 1 aliphatic heterocycles. The Morgan fingerprint density at radius 1 is 1.29 bits per heavy atom. The lowest BCUT2D eigenvalue weighted by Gasteiger charge is -2.26. The summed E-state index contributed by atoms with van der Waals surface area (Å²) in [4.78, 5) is 4.12. The van der Waals surface area contributed by atoms with E-state index in [2.05, 4.69) is 51.6 Å². The summed E-state index contributed by atoms with van der Waals surface area (Å²) in [6.45, 7) is 11.1. The van der Waals surface area contributed by atoms with E-state index in [9.17, 15) is 0 Å². The summed E-state index contributed by atoms with van der Waals surface area (Å²) >= 11 is 0. The fourth-order valence-corrected chi connectivity index (χ4v) is 1.58. The minimum Gasteiger partial charge on any atom is -0.214 e. The second kappa shape index (κ2) is 3.98. The first kappa shape index (κ1) is 11.0. The summed E-state index contributed by atoms with van der Waals surface area (Å²) in [6.07, 6.45) is 5.96. The highest BCUT2D eigenvalue weighted by Gasteiger charge is 2.22. The first-order valence-electron chi connectivity index (χ1n) is 5.12. The fourth-order valence-electron chi connectivity index (χ4n) is 1.58. The quantitative estimate of drug-likeness (QED) is 0.596. The first-order valence-corrected chi connectivity index (χ1v) is 5.12. The Balaban J connectivity index is 3.15. The van der Waals surface area contributed by atoms with Gasteiger partial charge in [0, 0.05) is 6.20 Å². The molecule has 0 spiro atoms. The van der Waals surface area contributed by atoms with Crippen molar-refractivity contribution in [3.63, 3.8) is 0 Å². The van der Waals surface area contributed by atoms with Crippen LogP contribution in [0, 0.1) is 11.3 Å². The van der Waals surface area contributed by atoms with E-state index in [1.807, 2.05) is 12.3 Å². The third-order valence-corrected chi connectivity index (χ3v) is 2.34. The lowest BCUT2D eigenvalue weighted by molar-refractivity contribution is 0.497. The van der Waals surface area contributed by atoms with Gasteiger partial charge in [-0.05, 0) is 40.5 Å². The van der Waals surface area contributed by atoms with E-state index < -0.39 is 0 Å². The predicted octanol–water partition coefficient (Wildman–Crippen LogP) is 3.74. The Labute approximate surface area is 86.9 Å². The molecule has 0 aromatic carbocycles. The molecule has 0 amide bonds. The van der Waals surface area contributed by atoms with Crippen molar-refractivity contribution in [2.24, 2.45) is 16.3 Å².